The molecule has 2 aromatic carbocycles. The lowest BCUT2D eigenvalue weighted by molar-refractivity contribution is 0.00578. The number of aryl methyl sites for hydroxylation is 1. The maximum Gasteiger partial charge on any atom is 0.494 e. The van der Waals surface area contributed by atoms with E-state index < -0.39 is 0 Å². The zero-order chi connectivity index (χ0) is 18.5. The van der Waals surface area contributed by atoms with Crippen molar-refractivity contribution in [2.45, 2.75) is 57.8 Å². The van der Waals surface area contributed by atoms with E-state index in [9.17, 15) is 0 Å². The Bertz CT molecular complexity index is 801. The fraction of sp³-hybridized carbons (Fsp3) is 0.429. The lowest BCUT2D eigenvalue weighted by Crippen LogP contribution is -2.41. The summed E-state index contributed by atoms with van der Waals surface area (Å²) < 4.78 is 19.9. The van der Waals surface area contributed by atoms with E-state index in [0.29, 0.717) is 0 Å². The van der Waals surface area contributed by atoms with Gasteiger partial charge in [0.1, 0.15) is 11.9 Å². The first-order valence-corrected chi connectivity index (χ1v) is 10.2. The third-order valence-electron chi connectivity index (χ3n) is 5.80. The number of hydrogen-bond donors (Lipinski definition) is 0. The highest BCUT2D eigenvalue weighted by Crippen LogP contribution is 2.38. The summed E-state index contributed by atoms with van der Waals surface area (Å²) in [5.74, 6) is 0.972. The molecule has 5 heteroatoms. The van der Waals surface area contributed by atoms with Crippen molar-refractivity contribution in [3.8, 4) is 5.75 Å². The second kappa shape index (κ2) is 6.53. The molecule has 2 aromatic rings. The molecule has 0 N–H and O–H groups in total. The minimum atomic E-state index is -0.320. The molecule has 0 aliphatic carbocycles. The lowest BCUT2D eigenvalue weighted by Gasteiger charge is -2.32. The molecular formula is C21H24BIO3. The van der Waals surface area contributed by atoms with Crippen LogP contribution in [0, 0.1) is 3.57 Å². The summed E-state index contributed by atoms with van der Waals surface area (Å²) in [6, 6.07) is 14.9. The predicted octanol–water partition coefficient (Wildman–Crippen LogP) is 4.66. The first-order chi connectivity index (χ1) is 12.2. The Hall–Kier alpha value is -1.05. The van der Waals surface area contributed by atoms with E-state index in [1.54, 1.807) is 0 Å². The Morgan fingerprint density at radius 3 is 2.27 bits per heavy atom. The van der Waals surface area contributed by atoms with Crippen LogP contribution in [-0.4, -0.2) is 18.3 Å². The molecule has 0 saturated carbocycles. The quantitative estimate of drug-likeness (QED) is 0.481. The van der Waals surface area contributed by atoms with Gasteiger partial charge in [-0.3, -0.25) is 0 Å². The minimum absolute atomic E-state index is 0.127. The normalized spacial score (nSPS) is 23.4. The molecule has 0 spiro atoms. The molecule has 0 bridgehead atoms. The van der Waals surface area contributed by atoms with Gasteiger partial charge in [-0.1, -0.05) is 24.3 Å². The maximum absolute atomic E-state index is 6.27. The van der Waals surface area contributed by atoms with Gasteiger partial charge in [0, 0.05) is 3.57 Å². The van der Waals surface area contributed by atoms with Crippen LogP contribution in [0.4, 0.5) is 0 Å². The molecule has 1 unspecified atom stereocenters. The largest absolute Gasteiger partial charge is 0.494 e. The molecule has 3 nitrogen and oxygen atoms in total. The summed E-state index contributed by atoms with van der Waals surface area (Å²) in [6.07, 6.45) is 2.11. The average molecular weight is 462 g/mol. The van der Waals surface area contributed by atoms with E-state index in [1.165, 1.54) is 14.7 Å². The molecule has 2 heterocycles. The molecule has 136 valence electrons. The Labute approximate surface area is 169 Å². The van der Waals surface area contributed by atoms with Gasteiger partial charge >= 0.3 is 7.12 Å². The first kappa shape index (κ1) is 18.3. The van der Waals surface area contributed by atoms with E-state index in [1.807, 2.05) is 0 Å². The van der Waals surface area contributed by atoms with Gasteiger partial charge in [0.2, 0.25) is 0 Å². The Kier molecular flexibility index (Phi) is 4.60. The number of halogens is 1. The second-order valence-electron chi connectivity index (χ2n) is 8.15. The number of ether oxygens (including phenoxy) is 1. The van der Waals surface area contributed by atoms with E-state index in [-0.39, 0.29) is 24.4 Å². The molecule has 1 fully saturated rings. The van der Waals surface area contributed by atoms with Crippen molar-refractivity contribution >= 4 is 35.2 Å². The van der Waals surface area contributed by atoms with E-state index in [2.05, 4.69) is 92.8 Å². The zero-order valence-electron chi connectivity index (χ0n) is 15.7. The van der Waals surface area contributed by atoms with Crippen molar-refractivity contribution in [2.24, 2.45) is 0 Å². The van der Waals surface area contributed by atoms with Crippen molar-refractivity contribution in [3.63, 3.8) is 0 Å². The Balaban J connectivity index is 1.54. The predicted molar refractivity (Wildman–Crippen MR) is 113 cm³/mol. The fourth-order valence-electron chi connectivity index (χ4n) is 3.45. The number of benzene rings is 2. The van der Waals surface area contributed by atoms with Crippen LogP contribution >= 0.6 is 22.6 Å². The number of fused-ring (bicyclic) bond motifs is 1. The Morgan fingerprint density at radius 2 is 1.62 bits per heavy atom. The van der Waals surface area contributed by atoms with Crippen molar-refractivity contribution in [3.05, 3.63) is 57.2 Å². The monoisotopic (exact) mass is 462 g/mol. The van der Waals surface area contributed by atoms with Crippen LogP contribution < -0.4 is 10.2 Å². The highest BCUT2D eigenvalue weighted by Gasteiger charge is 2.51. The van der Waals surface area contributed by atoms with Gasteiger partial charge in [0.25, 0.3) is 0 Å². The van der Waals surface area contributed by atoms with Crippen LogP contribution in [0.15, 0.2) is 42.5 Å². The standard InChI is InChI=1S/C21H24BIO3/c1-20(2)21(3,4)26-22(25-20)16-8-12-19-15(13-16)7-11-18(24-19)14-5-9-17(23)10-6-14/h5-6,8-10,12-13,18H,7,11H2,1-4H3. The van der Waals surface area contributed by atoms with Gasteiger partial charge in [-0.2, -0.15) is 0 Å². The third kappa shape index (κ3) is 3.29. The van der Waals surface area contributed by atoms with Crippen molar-refractivity contribution < 1.29 is 14.0 Å². The topological polar surface area (TPSA) is 27.7 Å². The van der Waals surface area contributed by atoms with Gasteiger partial charge in [-0.15, -0.1) is 0 Å². The molecule has 1 saturated heterocycles. The average Bonchev–Trinajstić information content (AvgIpc) is 2.82. The summed E-state index contributed by atoms with van der Waals surface area (Å²) in [5, 5.41) is 0. The smallest absolute Gasteiger partial charge is 0.485 e. The second-order valence-corrected chi connectivity index (χ2v) is 9.40. The van der Waals surface area contributed by atoms with Crippen molar-refractivity contribution in [1.29, 1.82) is 0 Å². The number of hydrogen-bond acceptors (Lipinski definition) is 3. The van der Waals surface area contributed by atoms with Gasteiger partial charge in [0.05, 0.1) is 11.2 Å². The van der Waals surface area contributed by atoms with E-state index in [0.717, 1.165) is 24.1 Å². The summed E-state index contributed by atoms with van der Waals surface area (Å²) in [5.41, 5.74) is 2.91. The zero-order valence-corrected chi connectivity index (χ0v) is 17.9. The summed E-state index contributed by atoms with van der Waals surface area (Å²) in [6.45, 7) is 8.33. The molecular weight excluding hydrogens is 438 g/mol. The molecule has 0 aromatic heterocycles. The minimum Gasteiger partial charge on any atom is -0.485 e. The first-order valence-electron chi connectivity index (χ1n) is 9.16. The third-order valence-corrected chi connectivity index (χ3v) is 6.52. The molecule has 0 radical (unpaired) electrons. The summed E-state index contributed by atoms with van der Waals surface area (Å²) in [4.78, 5) is 0. The summed E-state index contributed by atoms with van der Waals surface area (Å²) in [7, 11) is -0.320. The fourth-order valence-corrected chi connectivity index (χ4v) is 3.81. The van der Waals surface area contributed by atoms with Gasteiger partial charge in [-0.25, -0.2) is 0 Å². The highest BCUT2D eigenvalue weighted by atomic mass is 127. The molecule has 26 heavy (non-hydrogen) atoms. The van der Waals surface area contributed by atoms with Crippen molar-refractivity contribution in [1.82, 2.24) is 0 Å². The lowest BCUT2D eigenvalue weighted by atomic mass is 9.77. The van der Waals surface area contributed by atoms with Crippen LogP contribution in [0.25, 0.3) is 0 Å². The molecule has 2 aliphatic heterocycles. The van der Waals surface area contributed by atoms with Crippen LogP contribution in [0.1, 0.15) is 51.3 Å². The van der Waals surface area contributed by atoms with Gasteiger partial charge in [-0.05, 0) is 97.9 Å². The SMILES string of the molecule is CC1(C)OB(c2ccc3c(c2)CCC(c2ccc(I)cc2)O3)OC1(C)C. The van der Waals surface area contributed by atoms with Crippen LogP contribution in [-0.2, 0) is 15.7 Å². The molecule has 0 amide bonds. The van der Waals surface area contributed by atoms with E-state index >= 15 is 0 Å². The van der Waals surface area contributed by atoms with Crippen LogP contribution in [0.5, 0.6) is 5.75 Å². The van der Waals surface area contributed by atoms with Gasteiger partial charge in [0.15, 0.2) is 0 Å². The molecule has 1 atom stereocenters. The van der Waals surface area contributed by atoms with Crippen LogP contribution in [0.2, 0.25) is 0 Å². The maximum atomic E-state index is 6.27. The Morgan fingerprint density at radius 1 is 0.962 bits per heavy atom. The number of rotatable bonds is 2. The van der Waals surface area contributed by atoms with E-state index in [4.69, 9.17) is 14.0 Å². The highest BCUT2D eigenvalue weighted by molar-refractivity contribution is 14.1. The molecule has 4 rings (SSSR count). The van der Waals surface area contributed by atoms with Gasteiger partial charge < -0.3 is 14.0 Å². The van der Waals surface area contributed by atoms with Crippen LogP contribution in [0.3, 0.4) is 0 Å². The van der Waals surface area contributed by atoms with Crippen molar-refractivity contribution in [2.75, 3.05) is 0 Å². The molecule has 2 aliphatic rings. The summed E-state index contributed by atoms with van der Waals surface area (Å²) >= 11 is 2.33.